The van der Waals surface area contributed by atoms with Gasteiger partial charge in [-0.2, -0.15) is 0 Å². The number of ether oxygens (including phenoxy) is 1. The molecule has 8 nitrogen and oxygen atoms in total. The van der Waals surface area contributed by atoms with Crippen molar-refractivity contribution >= 4 is 34.1 Å². The molecule has 2 unspecified atom stereocenters. The van der Waals surface area contributed by atoms with E-state index in [1.165, 1.54) is 12.3 Å². The molecule has 2 atom stereocenters. The van der Waals surface area contributed by atoms with Crippen molar-refractivity contribution in [1.82, 2.24) is 5.32 Å². The van der Waals surface area contributed by atoms with E-state index in [1.807, 2.05) is 0 Å². The monoisotopic (exact) mass is 392 g/mol. The molecular weight excluding hydrogens is 372 g/mol. The average molecular weight is 392 g/mol. The van der Waals surface area contributed by atoms with Crippen molar-refractivity contribution in [3.05, 3.63) is 40.7 Å². The summed E-state index contributed by atoms with van der Waals surface area (Å²) < 4.78 is 10.4. The molecular formula is C18H20N2O6S. The largest absolute Gasteiger partial charge is 0.480 e. The molecule has 0 aliphatic carbocycles. The third-order valence-corrected chi connectivity index (χ3v) is 5.48. The number of anilines is 1. The molecule has 3 rings (SSSR count). The Morgan fingerprint density at radius 1 is 1.33 bits per heavy atom. The number of nitrogens with one attached hydrogen (secondary N) is 2. The molecule has 3 N–H and O–H groups in total. The highest BCUT2D eigenvalue weighted by Gasteiger charge is 2.32. The van der Waals surface area contributed by atoms with Gasteiger partial charge in [-0.25, -0.2) is 4.79 Å². The van der Waals surface area contributed by atoms with Gasteiger partial charge in [-0.15, -0.1) is 11.3 Å². The Labute approximate surface area is 159 Å². The fourth-order valence-electron chi connectivity index (χ4n) is 2.97. The SMILES string of the molecule is Cc1cc(NC(=O)c2ccco2)sc1C(=O)NC(C(=O)O)C1CCCOC1. The highest BCUT2D eigenvalue weighted by atomic mass is 32.1. The molecule has 0 radical (unpaired) electrons. The highest BCUT2D eigenvalue weighted by molar-refractivity contribution is 7.18. The number of rotatable bonds is 6. The first-order valence-corrected chi connectivity index (χ1v) is 9.34. The maximum absolute atomic E-state index is 12.6. The second-order valence-electron chi connectivity index (χ2n) is 6.32. The normalized spacial score (nSPS) is 17.9. The molecule has 1 aliphatic heterocycles. The highest BCUT2D eigenvalue weighted by Crippen LogP contribution is 2.28. The van der Waals surface area contributed by atoms with Gasteiger partial charge in [0, 0.05) is 12.5 Å². The van der Waals surface area contributed by atoms with Crippen molar-refractivity contribution in [2.45, 2.75) is 25.8 Å². The van der Waals surface area contributed by atoms with Gasteiger partial charge in [0.15, 0.2) is 5.76 Å². The number of carbonyl (C=O) groups excluding carboxylic acids is 2. The molecule has 27 heavy (non-hydrogen) atoms. The molecule has 0 aromatic carbocycles. The zero-order valence-corrected chi connectivity index (χ0v) is 15.5. The van der Waals surface area contributed by atoms with Gasteiger partial charge in [-0.05, 0) is 43.5 Å². The van der Waals surface area contributed by atoms with Crippen molar-refractivity contribution in [2.24, 2.45) is 5.92 Å². The molecule has 2 aromatic heterocycles. The summed E-state index contributed by atoms with van der Waals surface area (Å²) in [6, 6.07) is 3.79. The number of thiophene rings is 1. The molecule has 2 aromatic rings. The number of aliphatic carboxylic acids is 1. The van der Waals surface area contributed by atoms with Crippen LogP contribution in [0.25, 0.3) is 0 Å². The summed E-state index contributed by atoms with van der Waals surface area (Å²) in [6.07, 6.45) is 2.85. The van der Waals surface area contributed by atoms with E-state index in [4.69, 9.17) is 9.15 Å². The van der Waals surface area contributed by atoms with Gasteiger partial charge in [-0.1, -0.05) is 0 Å². The van der Waals surface area contributed by atoms with Crippen LogP contribution < -0.4 is 10.6 Å². The first kappa shape index (κ1) is 19.1. The van der Waals surface area contributed by atoms with E-state index in [9.17, 15) is 19.5 Å². The number of carbonyl (C=O) groups is 3. The van der Waals surface area contributed by atoms with Crippen LogP contribution in [0.4, 0.5) is 5.00 Å². The van der Waals surface area contributed by atoms with E-state index < -0.39 is 23.8 Å². The molecule has 9 heteroatoms. The van der Waals surface area contributed by atoms with E-state index in [2.05, 4.69) is 10.6 Å². The molecule has 2 amide bonds. The second-order valence-corrected chi connectivity index (χ2v) is 7.37. The summed E-state index contributed by atoms with van der Waals surface area (Å²) in [5, 5.41) is 15.2. The average Bonchev–Trinajstić information content (AvgIpc) is 3.30. The van der Waals surface area contributed by atoms with E-state index in [-0.39, 0.29) is 11.7 Å². The number of carboxylic acids is 1. The van der Waals surface area contributed by atoms with Gasteiger partial charge in [0.25, 0.3) is 11.8 Å². The first-order valence-electron chi connectivity index (χ1n) is 8.52. The van der Waals surface area contributed by atoms with Crippen molar-refractivity contribution in [2.75, 3.05) is 18.5 Å². The van der Waals surface area contributed by atoms with Crippen molar-refractivity contribution in [1.29, 1.82) is 0 Å². The maximum atomic E-state index is 12.6. The molecule has 0 bridgehead atoms. The summed E-state index contributed by atoms with van der Waals surface area (Å²) >= 11 is 1.08. The number of hydrogen-bond acceptors (Lipinski definition) is 6. The first-order chi connectivity index (χ1) is 13.0. The summed E-state index contributed by atoms with van der Waals surface area (Å²) in [6.45, 7) is 2.65. The van der Waals surface area contributed by atoms with Gasteiger partial charge >= 0.3 is 5.97 Å². The van der Waals surface area contributed by atoms with E-state index in [1.54, 1.807) is 19.1 Å². The van der Waals surface area contributed by atoms with Crippen molar-refractivity contribution < 1.29 is 28.6 Å². The third-order valence-electron chi connectivity index (χ3n) is 4.33. The van der Waals surface area contributed by atoms with E-state index in [0.717, 1.165) is 17.8 Å². The number of carboxylic acid groups (broad SMARTS) is 1. The predicted molar refractivity (Wildman–Crippen MR) is 98.2 cm³/mol. The summed E-state index contributed by atoms with van der Waals surface area (Å²) in [4.78, 5) is 36.6. The standard InChI is InChI=1S/C18H20N2O6S/c1-10-8-13(19-16(21)12-5-3-7-26-12)27-15(10)17(22)20-14(18(23)24)11-4-2-6-25-9-11/h3,5,7-8,11,14H,2,4,6,9H2,1H3,(H,19,21)(H,20,22)(H,23,24). The second kappa shape index (κ2) is 8.36. The lowest BCUT2D eigenvalue weighted by Gasteiger charge is -2.28. The van der Waals surface area contributed by atoms with E-state index >= 15 is 0 Å². The minimum absolute atomic E-state index is 0.162. The Balaban J connectivity index is 1.69. The van der Waals surface area contributed by atoms with Crippen LogP contribution in [0.5, 0.6) is 0 Å². The van der Waals surface area contributed by atoms with Crippen LogP contribution in [0.2, 0.25) is 0 Å². The number of amides is 2. The number of aryl methyl sites for hydroxylation is 1. The Kier molecular flexibility index (Phi) is 5.92. The van der Waals surface area contributed by atoms with Crippen molar-refractivity contribution in [3.63, 3.8) is 0 Å². The summed E-state index contributed by atoms with van der Waals surface area (Å²) in [5.41, 5.74) is 0.649. The Morgan fingerprint density at radius 3 is 2.78 bits per heavy atom. The molecule has 1 fully saturated rings. The van der Waals surface area contributed by atoms with Gasteiger partial charge in [0.2, 0.25) is 0 Å². The molecule has 3 heterocycles. The van der Waals surface area contributed by atoms with Gasteiger partial charge in [0.1, 0.15) is 6.04 Å². The topological polar surface area (TPSA) is 118 Å². The fourth-order valence-corrected chi connectivity index (χ4v) is 3.94. The van der Waals surface area contributed by atoms with Crippen LogP contribution in [0.15, 0.2) is 28.9 Å². The molecule has 0 saturated carbocycles. The molecule has 1 aliphatic rings. The Hall–Kier alpha value is -2.65. The summed E-state index contributed by atoms with van der Waals surface area (Å²) in [7, 11) is 0. The van der Waals surface area contributed by atoms with Crippen LogP contribution in [0.3, 0.4) is 0 Å². The fraction of sp³-hybridized carbons (Fsp3) is 0.389. The molecule has 0 spiro atoms. The predicted octanol–water partition coefficient (Wildman–Crippen LogP) is 2.51. The zero-order chi connectivity index (χ0) is 19.4. The van der Waals surface area contributed by atoms with Gasteiger partial charge in [-0.3, -0.25) is 9.59 Å². The zero-order valence-electron chi connectivity index (χ0n) is 14.7. The molecule has 1 saturated heterocycles. The van der Waals surface area contributed by atoms with Crippen LogP contribution >= 0.6 is 11.3 Å². The number of furan rings is 1. The maximum Gasteiger partial charge on any atom is 0.326 e. The van der Waals surface area contributed by atoms with Crippen LogP contribution in [0.1, 0.15) is 38.6 Å². The van der Waals surface area contributed by atoms with Crippen LogP contribution in [-0.2, 0) is 9.53 Å². The van der Waals surface area contributed by atoms with E-state index in [0.29, 0.717) is 35.1 Å². The Bertz CT molecular complexity index is 823. The van der Waals surface area contributed by atoms with Crippen LogP contribution in [-0.4, -0.2) is 42.1 Å². The van der Waals surface area contributed by atoms with Crippen molar-refractivity contribution in [3.8, 4) is 0 Å². The minimum Gasteiger partial charge on any atom is -0.480 e. The minimum atomic E-state index is -1.08. The molecule has 144 valence electrons. The van der Waals surface area contributed by atoms with Gasteiger partial charge in [0.05, 0.1) is 22.7 Å². The quantitative estimate of drug-likeness (QED) is 0.695. The summed E-state index contributed by atoms with van der Waals surface area (Å²) in [5.74, 6) is -2.08. The van der Waals surface area contributed by atoms with Gasteiger partial charge < -0.3 is 24.9 Å². The third kappa shape index (κ3) is 4.55. The Morgan fingerprint density at radius 2 is 2.15 bits per heavy atom. The lowest BCUT2D eigenvalue weighted by Crippen LogP contribution is -2.48. The number of hydrogen-bond donors (Lipinski definition) is 3. The lowest BCUT2D eigenvalue weighted by molar-refractivity contribution is -0.142. The van der Waals surface area contributed by atoms with Crippen LogP contribution in [0, 0.1) is 12.8 Å². The smallest absolute Gasteiger partial charge is 0.326 e. The lowest BCUT2D eigenvalue weighted by atomic mass is 9.93.